The zero-order valence-electron chi connectivity index (χ0n) is 14.2. The van der Waals surface area contributed by atoms with E-state index < -0.39 is 0 Å². The van der Waals surface area contributed by atoms with Crippen LogP contribution in [0.1, 0.15) is 28.1 Å². The number of benzene rings is 1. The number of aliphatic imine (C=N–C) groups is 1. The molecule has 0 bridgehead atoms. The first-order valence-corrected chi connectivity index (χ1v) is 8.97. The van der Waals surface area contributed by atoms with Gasteiger partial charge in [0, 0.05) is 23.0 Å². The lowest BCUT2D eigenvalue weighted by atomic mass is 10.1. The van der Waals surface area contributed by atoms with Gasteiger partial charge in [-0.3, -0.25) is 0 Å². The maximum absolute atomic E-state index is 5.90. The highest BCUT2D eigenvalue weighted by molar-refractivity contribution is 14.0. The molecule has 0 aliphatic heterocycles. The number of hydrogen-bond acceptors (Lipinski definition) is 3. The molecule has 132 valence electrons. The van der Waals surface area contributed by atoms with E-state index in [1.54, 1.807) is 11.3 Å². The standard InChI is InChI=1S/C17H23ClN4S.HI/c1-4-19-17(21-11-16-12(2)22-13(3)23-16)20-10-9-14-5-7-15(18)8-6-14;/h5-8H,4,9-11H2,1-3H3,(H2,19,20,21);1H. The summed E-state index contributed by atoms with van der Waals surface area (Å²) in [6, 6.07) is 7.95. The predicted octanol–water partition coefficient (Wildman–Crippen LogP) is 4.33. The highest BCUT2D eigenvalue weighted by atomic mass is 127. The quantitative estimate of drug-likeness (QED) is 0.369. The van der Waals surface area contributed by atoms with Crippen LogP contribution in [0.4, 0.5) is 0 Å². The SMILES string of the molecule is CCNC(=NCc1sc(C)nc1C)NCCc1ccc(Cl)cc1.I. The van der Waals surface area contributed by atoms with Gasteiger partial charge in [0.1, 0.15) is 0 Å². The zero-order valence-corrected chi connectivity index (χ0v) is 18.1. The van der Waals surface area contributed by atoms with Gasteiger partial charge in [-0.15, -0.1) is 35.3 Å². The average molecular weight is 479 g/mol. The normalized spacial score (nSPS) is 11.1. The Bertz CT molecular complexity index is 655. The second kappa shape index (κ2) is 10.9. The summed E-state index contributed by atoms with van der Waals surface area (Å²) in [4.78, 5) is 10.3. The first-order chi connectivity index (χ1) is 11.1. The summed E-state index contributed by atoms with van der Waals surface area (Å²) in [5, 5.41) is 8.51. The summed E-state index contributed by atoms with van der Waals surface area (Å²) in [7, 11) is 0. The van der Waals surface area contributed by atoms with Crippen LogP contribution in [0, 0.1) is 13.8 Å². The molecule has 1 aromatic heterocycles. The van der Waals surface area contributed by atoms with Gasteiger partial charge in [0.15, 0.2) is 5.96 Å². The monoisotopic (exact) mass is 478 g/mol. The Hall–Kier alpha value is -0.860. The molecule has 0 aliphatic rings. The van der Waals surface area contributed by atoms with Crippen molar-refractivity contribution in [2.24, 2.45) is 4.99 Å². The van der Waals surface area contributed by atoms with E-state index in [4.69, 9.17) is 11.6 Å². The molecule has 4 nitrogen and oxygen atoms in total. The van der Waals surface area contributed by atoms with E-state index >= 15 is 0 Å². The van der Waals surface area contributed by atoms with Crippen molar-refractivity contribution >= 4 is 52.9 Å². The molecule has 0 radical (unpaired) electrons. The van der Waals surface area contributed by atoms with Crippen LogP contribution >= 0.6 is 46.9 Å². The number of aromatic nitrogens is 1. The Morgan fingerprint density at radius 2 is 1.92 bits per heavy atom. The highest BCUT2D eigenvalue weighted by Crippen LogP contribution is 2.17. The van der Waals surface area contributed by atoms with E-state index in [0.29, 0.717) is 6.54 Å². The lowest BCUT2D eigenvalue weighted by molar-refractivity contribution is 0.800. The van der Waals surface area contributed by atoms with Gasteiger partial charge in [-0.05, 0) is 44.9 Å². The van der Waals surface area contributed by atoms with Crippen molar-refractivity contribution in [3.8, 4) is 0 Å². The second-order valence-corrected chi connectivity index (χ2v) is 6.96. The van der Waals surface area contributed by atoms with Crippen LogP contribution in [-0.2, 0) is 13.0 Å². The smallest absolute Gasteiger partial charge is 0.191 e. The Labute approximate surface area is 170 Å². The fraction of sp³-hybridized carbons (Fsp3) is 0.412. The molecule has 0 spiro atoms. The molecule has 7 heteroatoms. The molecule has 0 fully saturated rings. The number of thiazole rings is 1. The fourth-order valence-corrected chi connectivity index (χ4v) is 3.18. The van der Waals surface area contributed by atoms with E-state index in [0.717, 1.165) is 41.2 Å². The van der Waals surface area contributed by atoms with Crippen LogP contribution in [0.5, 0.6) is 0 Å². The number of halogens is 2. The van der Waals surface area contributed by atoms with Crippen molar-refractivity contribution < 1.29 is 0 Å². The third-order valence-corrected chi connectivity index (χ3v) is 4.65. The Balaban J connectivity index is 0.00000288. The molecule has 0 atom stereocenters. The molecule has 2 aromatic rings. The average Bonchev–Trinajstić information content (AvgIpc) is 2.84. The minimum atomic E-state index is 0. The van der Waals surface area contributed by atoms with Crippen molar-refractivity contribution in [2.75, 3.05) is 13.1 Å². The summed E-state index contributed by atoms with van der Waals surface area (Å²) in [6.45, 7) is 8.46. The molecule has 2 N–H and O–H groups in total. The third kappa shape index (κ3) is 6.94. The van der Waals surface area contributed by atoms with Crippen LogP contribution in [-0.4, -0.2) is 24.0 Å². The maximum Gasteiger partial charge on any atom is 0.191 e. The van der Waals surface area contributed by atoms with Crippen LogP contribution in [0.2, 0.25) is 5.02 Å². The van der Waals surface area contributed by atoms with Gasteiger partial charge in [0.2, 0.25) is 0 Å². The van der Waals surface area contributed by atoms with Gasteiger partial charge in [0.05, 0.1) is 17.2 Å². The van der Waals surface area contributed by atoms with Gasteiger partial charge in [-0.25, -0.2) is 9.98 Å². The summed E-state index contributed by atoms with van der Waals surface area (Å²) in [6.07, 6.45) is 0.931. The summed E-state index contributed by atoms with van der Waals surface area (Å²) >= 11 is 7.61. The fourth-order valence-electron chi connectivity index (χ4n) is 2.19. The number of nitrogens with one attached hydrogen (secondary N) is 2. The number of rotatable bonds is 6. The molecule has 0 aliphatic carbocycles. The van der Waals surface area contributed by atoms with E-state index in [-0.39, 0.29) is 24.0 Å². The minimum Gasteiger partial charge on any atom is -0.357 e. The van der Waals surface area contributed by atoms with Crippen LogP contribution in [0.25, 0.3) is 0 Å². The Kier molecular flexibility index (Phi) is 9.61. The summed E-state index contributed by atoms with van der Waals surface area (Å²) in [5.74, 6) is 0.840. The maximum atomic E-state index is 5.90. The molecule has 1 aromatic carbocycles. The van der Waals surface area contributed by atoms with Crippen molar-refractivity contribution in [3.05, 3.63) is 50.4 Å². The third-order valence-electron chi connectivity index (χ3n) is 3.34. The number of hydrogen-bond donors (Lipinski definition) is 2. The predicted molar refractivity (Wildman–Crippen MR) is 115 cm³/mol. The van der Waals surface area contributed by atoms with Gasteiger partial charge in [-0.1, -0.05) is 23.7 Å². The van der Waals surface area contributed by atoms with Gasteiger partial charge in [0.25, 0.3) is 0 Å². The topological polar surface area (TPSA) is 49.3 Å². The molecular formula is C17H24ClIN4S. The van der Waals surface area contributed by atoms with Crippen LogP contribution in [0.15, 0.2) is 29.3 Å². The highest BCUT2D eigenvalue weighted by Gasteiger charge is 2.04. The second-order valence-electron chi connectivity index (χ2n) is 5.24. The van der Waals surface area contributed by atoms with E-state index in [1.807, 2.05) is 26.0 Å². The molecule has 2 rings (SSSR count). The number of aryl methyl sites for hydroxylation is 2. The van der Waals surface area contributed by atoms with Crippen LogP contribution < -0.4 is 10.6 Å². The Morgan fingerprint density at radius 3 is 2.50 bits per heavy atom. The van der Waals surface area contributed by atoms with Gasteiger partial charge >= 0.3 is 0 Å². The van der Waals surface area contributed by atoms with Gasteiger partial charge in [-0.2, -0.15) is 0 Å². The summed E-state index contributed by atoms with van der Waals surface area (Å²) < 4.78 is 0. The molecule has 1 heterocycles. The summed E-state index contributed by atoms with van der Waals surface area (Å²) in [5.41, 5.74) is 2.33. The lowest BCUT2D eigenvalue weighted by Gasteiger charge is -2.11. The molecule has 0 saturated heterocycles. The first-order valence-electron chi connectivity index (χ1n) is 7.78. The van der Waals surface area contributed by atoms with Crippen LogP contribution in [0.3, 0.4) is 0 Å². The molecule has 0 unspecified atom stereocenters. The molecule has 0 saturated carbocycles. The van der Waals surface area contributed by atoms with E-state index in [9.17, 15) is 0 Å². The van der Waals surface area contributed by atoms with Gasteiger partial charge < -0.3 is 10.6 Å². The van der Waals surface area contributed by atoms with Crippen molar-refractivity contribution in [2.45, 2.75) is 33.7 Å². The lowest BCUT2D eigenvalue weighted by Crippen LogP contribution is -2.38. The molecule has 0 amide bonds. The number of nitrogens with zero attached hydrogens (tertiary/aromatic N) is 2. The first kappa shape index (κ1) is 21.2. The largest absolute Gasteiger partial charge is 0.357 e. The van der Waals surface area contributed by atoms with Crippen molar-refractivity contribution in [1.82, 2.24) is 15.6 Å². The van der Waals surface area contributed by atoms with Crippen molar-refractivity contribution in [3.63, 3.8) is 0 Å². The Morgan fingerprint density at radius 1 is 1.21 bits per heavy atom. The molecular weight excluding hydrogens is 455 g/mol. The van der Waals surface area contributed by atoms with E-state index in [2.05, 4.69) is 39.7 Å². The van der Waals surface area contributed by atoms with E-state index in [1.165, 1.54) is 10.4 Å². The van der Waals surface area contributed by atoms with Crippen molar-refractivity contribution in [1.29, 1.82) is 0 Å². The number of guanidine groups is 1. The minimum absolute atomic E-state index is 0. The zero-order chi connectivity index (χ0) is 16.7. The molecule has 24 heavy (non-hydrogen) atoms.